The maximum Gasteiger partial charge on any atom is 0.294 e. The first-order chi connectivity index (χ1) is 16.9. The molecule has 0 unspecified atom stereocenters. The zero-order valence-electron chi connectivity index (χ0n) is 17.8. The van der Waals surface area contributed by atoms with Gasteiger partial charge in [0.05, 0.1) is 15.4 Å². The molecule has 0 saturated carbocycles. The molecule has 0 radical (unpaired) electrons. The van der Waals surface area contributed by atoms with Crippen LogP contribution < -0.4 is 14.8 Å². The second-order valence-corrected chi connectivity index (χ2v) is 8.35. The molecule has 0 atom stereocenters. The molecule has 12 heteroatoms. The van der Waals surface area contributed by atoms with Gasteiger partial charge in [0.1, 0.15) is 18.1 Å². The number of nitrogens with one attached hydrogen (secondary N) is 1. The van der Waals surface area contributed by atoms with Gasteiger partial charge in [-0.2, -0.15) is 0 Å². The van der Waals surface area contributed by atoms with Crippen molar-refractivity contribution in [2.75, 3.05) is 18.7 Å². The van der Waals surface area contributed by atoms with Crippen molar-refractivity contribution < 1.29 is 33.2 Å². The van der Waals surface area contributed by atoms with E-state index in [0.29, 0.717) is 28.9 Å². The van der Waals surface area contributed by atoms with Crippen LogP contribution in [0.15, 0.2) is 63.9 Å². The number of thioether (sulfide) groups is 1. The van der Waals surface area contributed by atoms with E-state index in [2.05, 4.69) is 5.32 Å². The first-order valence-electron chi connectivity index (χ1n) is 10.2. The minimum absolute atomic E-state index is 0.0642. The van der Waals surface area contributed by atoms with Crippen molar-refractivity contribution in [1.82, 2.24) is 4.90 Å². The van der Waals surface area contributed by atoms with Crippen LogP contribution in [0, 0.1) is 10.1 Å². The molecule has 1 saturated heterocycles. The number of anilines is 1. The van der Waals surface area contributed by atoms with Crippen LogP contribution >= 0.6 is 11.8 Å². The number of nitrogens with zero attached hydrogens (tertiary/aromatic N) is 2. The lowest BCUT2D eigenvalue weighted by Crippen LogP contribution is -2.36. The molecule has 2 aliphatic heterocycles. The summed E-state index contributed by atoms with van der Waals surface area (Å²) < 4.78 is 16.1. The van der Waals surface area contributed by atoms with E-state index >= 15 is 0 Å². The molecule has 2 aliphatic rings. The van der Waals surface area contributed by atoms with E-state index in [0.717, 1.165) is 4.90 Å². The fourth-order valence-electron chi connectivity index (χ4n) is 3.50. The second kappa shape index (κ2) is 8.99. The van der Waals surface area contributed by atoms with Crippen LogP contribution in [0.1, 0.15) is 5.76 Å². The van der Waals surface area contributed by atoms with Crippen LogP contribution in [0.4, 0.5) is 16.2 Å². The third kappa shape index (κ3) is 4.46. The minimum atomic E-state index is -0.649. The highest BCUT2D eigenvalue weighted by atomic mass is 32.2. The average Bonchev–Trinajstić information content (AvgIpc) is 3.55. The summed E-state index contributed by atoms with van der Waals surface area (Å²) in [6.45, 7) is -0.384. The molecule has 3 heterocycles. The number of furan rings is 1. The SMILES string of the molecule is O=C(CN1C(=O)S/C(=C/c2ccc(-c3ccccc3[N+](=O)[O-])o2)C1=O)Nc1ccc2c(c1)OCO2. The van der Waals surface area contributed by atoms with Crippen LogP contribution in [-0.2, 0) is 9.59 Å². The number of para-hydroxylation sites is 1. The highest BCUT2D eigenvalue weighted by molar-refractivity contribution is 8.18. The number of carbonyl (C=O) groups is 3. The Morgan fingerprint density at radius 3 is 2.74 bits per heavy atom. The Hall–Kier alpha value is -4.58. The Bertz CT molecular complexity index is 1410. The number of amides is 3. The molecule has 1 N–H and O–H groups in total. The average molecular weight is 493 g/mol. The molecule has 2 aromatic carbocycles. The van der Waals surface area contributed by atoms with Crippen molar-refractivity contribution in [3.05, 3.63) is 75.4 Å². The van der Waals surface area contributed by atoms with E-state index in [1.54, 1.807) is 36.4 Å². The van der Waals surface area contributed by atoms with E-state index in [9.17, 15) is 24.5 Å². The van der Waals surface area contributed by atoms with Crippen molar-refractivity contribution in [2.45, 2.75) is 0 Å². The molecule has 3 amide bonds. The molecule has 3 aromatic rings. The number of rotatable bonds is 6. The summed E-state index contributed by atoms with van der Waals surface area (Å²) in [5, 5.41) is 13.3. The zero-order chi connectivity index (χ0) is 24.5. The van der Waals surface area contributed by atoms with Gasteiger partial charge in [-0.15, -0.1) is 0 Å². The lowest BCUT2D eigenvalue weighted by molar-refractivity contribution is -0.384. The summed E-state index contributed by atoms with van der Waals surface area (Å²) in [5.41, 5.74) is 0.590. The quantitative estimate of drug-likeness (QED) is 0.303. The summed E-state index contributed by atoms with van der Waals surface area (Å²) in [4.78, 5) is 49.2. The van der Waals surface area contributed by atoms with Gasteiger partial charge in [-0.05, 0) is 42.1 Å². The molecule has 35 heavy (non-hydrogen) atoms. The monoisotopic (exact) mass is 493 g/mol. The third-order valence-corrected chi connectivity index (χ3v) is 6.01. The van der Waals surface area contributed by atoms with E-state index < -0.39 is 28.5 Å². The van der Waals surface area contributed by atoms with E-state index in [1.165, 1.54) is 24.3 Å². The maximum atomic E-state index is 12.8. The predicted octanol–water partition coefficient (Wildman–Crippen LogP) is 4.26. The standard InChI is InChI=1S/C23H15N3O8S/c27-21(24-13-5-7-18-19(9-13)33-12-32-18)11-25-22(28)20(35-23(25)29)10-14-6-8-17(34-14)15-3-1-2-4-16(15)26(30)31/h1-10H,11-12H2,(H,24,27)/b20-10+. The topological polar surface area (TPSA) is 141 Å². The lowest BCUT2D eigenvalue weighted by atomic mass is 10.1. The maximum absolute atomic E-state index is 12.8. The molecular formula is C23H15N3O8S. The van der Waals surface area contributed by atoms with Gasteiger partial charge in [0, 0.05) is 23.9 Å². The number of imide groups is 1. The van der Waals surface area contributed by atoms with Gasteiger partial charge in [-0.3, -0.25) is 29.4 Å². The molecular weight excluding hydrogens is 478 g/mol. The van der Waals surface area contributed by atoms with Crippen LogP contribution in [0.2, 0.25) is 0 Å². The predicted molar refractivity (Wildman–Crippen MR) is 125 cm³/mol. The third-order valence-electron chi connectivity index (χ3n) is 5.10. The van der Waals surface area contributed by atoms with Gasteiger partial charge >= 0.3 is 0 Å². The number of hydrogen-bond donors (Lipinski definition) is 1. The number of ether oxygens (including phenoxy) is 2. The largest absolute Gasteiger partial charge is 0.456 e. The Kier molecular flexibility index (Phi) is 5.71. The minimum Gasteiger partial charge on any atom is -0.456 e. The summed E-state index contributed by atoms with van der Waals surface area (Å²) in [6, 6.07) is 14.0. The molecule has 176 valence electrons. The lowest BCUT2D eigenvalue weighted by Gasteiger charge is -2.12. The van der Waals surface area contributed by atoms with Crippen molar-refractivity contribution in [2.24, 2.45) is 0 Å². The molecule has 0 spiro atoms. The normalized spacial score (nSPS) is 15.7. The molecule has 1 aromatic heterocycles. The highest BCUT2D eigenvalue weighted by Gasteiger charge is 2.36. The Morgan fingerprint density at radius 1 is 1.11 bits per heavy atom. The first kappa shape index (κ1) is 22.2. The number of benzene rings is 2. The van der Waals surface area contributed by atoms with Gasteiger partial charge in [0.25, 0.3) is 16.8 Å². The number of nitro benzene ring substituents is 1. The zero-order valence-corrected chi connectivity index (χ0v) is 18.6. The number of nitro groups is 1. The first-order valence-corrected chi connectivity index (χ1v) is 11.0. The Labute approximate surface area is 201 Å². The number of hydrogen-bond acceptors (Lipinski definition) is 9. The summed E-state index contributed by atoms with van der Waals surface area (Å²) in [6.07, 6.45) is 1.36. The molecule has 5 rings (SSSR count). The molecule has 1 fully saturated rings. The van der Waals surface area contributed by atoms with Crippen LogP contribution in [0.25, 0.3) is 17.4 Å². The number of fused-ring (bicyclic) bond motifs is 1. The molecule has 11 nitrogen and oxygen atoms in total. The second-order valence-electron chi connectivity index (χ2n) is 7.36. The Morgan fingerprint density at radius 2 is 1.91 bits per heavy atom. The number of carbonyl (C=O) groups excluding carboxylic acids is 3. The molecule has 0 aliphatic carbocycles. The highest BCUT2D eigenvalue weighted by Crippen LogP contribution is 2.36. The van der Waals surface area contributed by atoms with Gasteiger partial charge < -0.3 is 19.2 Å². The van der Waals surface area contributed by atoms with E-state index in [-0.39, 0.29) is 34.5 Å². The van der Waals surface area contributed by atoms with E-state index in [1.807, 2.05) is 0 Å². The van der Waals surface area contributed by atoms with Crippen molar-refractivity contribution in [3.63, 3.8) is 0 Å². The van der Waals surface area contributed by atoms with Gasteiger partial charge in [-0.1, -0.05) is 12.1 Å². The fourth-order valence-corrected chi connectivity index (χ4v) is 4.32. The molecule has 0 bridgehead atoms. The van der Waals surface area contributed by atoms with Gasteiger partial charge in [0.2, 0.25) is 12.7 Å². The van der Waals surface area contributed by atoms with Crippen molar-refractivity contribution in [3.8, 4) is 22.8 Å². The van der Waals surface area contributed by atoms with Gasteiger partial charge in [-0.25, -0.2) is 0 Å². The van der Waals surface area contributed by atoms with Crippen molar-refractivity contribution >= 4 is 46.3 Å². The summed E-state index contributed by atoms with van der Waals surface area (Å²) in [7, 11) is 0. The fraction of sp³-hybridized carbons (Fsp3) is 0.0870. The Balaban J connectivity index is 1.28. The van der Waals surface area contributed by atoms with Crippen LogP contribution in [0.3, 0.4) is 0 Å². The summed E-state index contributed by atoms with van der Waals surface area (Å²) >= 11 is 0.668. The smallest absolute Gasteiger partial charge is 0.294 e. The van der Waals surface area contributed by atoms with E-state index in [4.69, 9.17) is 13.9 Å². The van der Waals surface area contributed by atoms with Crippen LogP contribution in [0.5, 0.6) is 11.5 Å². The summed E-state index contributed by atoms with van der Waals surface area (Å²) in [5.74, 6) is 0.297. The van der Waals surface area contributed by atoms with Crippen molar-refractivity contribution in [1.29, 1.82) is 0 Å². The van der Waals surface area contributed by atoms with Gasteiger partial charge in [0.15, 0.2) is 11.5 Å². The van der Waals surface area contributed by atoms with Crippen LogP contribution in [-0.4, -0.2) is 40.2 Å².